The number of hydrogen-bond donors (Lipinski definition) is 2. The molecule has 2 rings (SSSR count). The first kappa shape index (κ1) is 21.5. The van der Waals surface area contributed by atoms with Gasteiger partial charge in [-0.1, -0.05) is 12.1 Å². The van der Waals surface area contributed by atoms with Crippen molar-refractivity contribution in [2.24, 2.45) is 4.99 Å². The minimum atomic E-state index is 0.0385. The molecule has 0 bridgehead atoms. The van der Waals surface area contributed by atoms with E-state index in [9.17, 15) is 0 Å². The van der Waals surface area contributed by atoms with Crippen LogP contribution in [-0.2, 0) is 11.3 Å². The molecule has 6 nitrogen and oxygen atoms in total. The van der Waals surface area contributed by atoms with Crippen LogP contribution in [0.1, 0.15) is 38.3 Å². The molecule has 1 fully saturated rings. The van der Waals surface area contributed by atoms with E-state index in [4.69, 9.17) is 14.5 Å². The summed E-state index contributed by atoms with van der Waals surface area (Å²) in [6.45, 7) is 12.2. The van der Waals surface area contributed by atoms with Crippen molar-refractivity contribution in [3.8, 4) is 5.75 Å². The van der Waals surface area contributed by atoms with Crippen molar-refractivity contribution in [1.29, 1.82) is 0 Å². The van der Waals surface area contributed by atoms with Crippen LogP contribution in [0.5, 0.6) is 5.75 Å². The van der Waals surface area contributed by atoms with E-state index in [1.165, 1.54) is 5.56 Å². The van der Waals surface area contributed by atoms with Crippen molar-refractivity contribution < 1.29 is 9.47 Å². The molecule has 0 radical (unpaired) electrons. The summed E-state index contributed by atoms with van der Waals surface area (Å²) in [7, 11) is 4.18. The number of hydrogen-bond acceptors (Lipinski definition) is 4. The van der Waals surface area contributed by atoms with E-state index in [0.29, 0.717) is 13.2 Å². The summed E-state index contributed by atoms with van der Waals surface area (Å²) < 4.78 is 11.6. The van der Waals surface area contributed by atoms with Crippen LogP contribution in [0.25, 0.3) is 0 Å². The number of aryl methyl sites for hydroxylation is 1. The Balaban J connectivity index is 2.07. The van der Waals surface area contributed by atoms with E-state index >= 15 is 0 Å². The van der Waals surface area contributed by atoms with Gasteiger partial charge in [-0.15, -0.1) is 0 Å². The molecule has 0 aliphatic carbocycles. The van der Waals surface area contributed by atoms with E-state index < -0.39 is 0 Å². The van der Waals surface area contributed by atoms with Crippen molar-refractivity contribution in [1.82, 2.24) is 15.5 Å². The molecule has 0 saturated carbocycles. The molecular weight excluding hydrogens is 340 g/mol. The first-order valence-electron chi connectivity index (χ1n) is 9.85. The van der Waals surface area contributed by atoms with Crippen LogP contribution in [0.3, 0.4) is 0 Å². The highest BCUT2D eigenvalue weighted by molar-refractivity contribution is 5.79. The number of nitrogens with zero attached hydrogens (tertiary/aromatic N) is 2. The average Bonchev–Trinajstić information content (AvgIpc) is 3.11. The van der Waals surface area contributed by atoms with Crippen molar-refractivity contribution in [2.45, 2.75) is 52.3 Å². The van der Waals surface area contributed by atoms with Crippen LogP contribution in [0, 0.1) is 6.92 Å². The lowest BCUT2D eigenvalue weighted by atomic mass is 10.0. The second-order valence-corrected chi connectivity index (χ2v) is 7.97. The Morgan fingerprint density at radius 1 is 1.33 bits per heavy atom. The van der Waals surface area contributed by atoms with E-state index in [1.807, 2.05) is 0 Å². The second kappa shape index (κ2) is 9.95. The zero-order chi connectivity index (χ0) is 19.9. The van der Waals surface area contributed by atoms with Gasteiger partial charge < -0.3 is 25.0 Å². The third kappa shape index (κ3) is 6.70. The van der Waals surface area contributed by atoms with Crippen LogP contribution in [0.2, 0.25) is 0 Å². The minimum absolute atomic E-state index is 0.0385. The molecule has 1 heterocycles. The van der Waals surface area contributed by atoms with Gasteiger partial charge in [0, 0.05) is 30.6 Å². The summed E-state index contributed by atoms with van der Waals surface area (Å²) in [5, 5.41) is 6.78. The Bertz CT molecular complexity index is 623. The van der Waals surface area contributed by atoms with Gasteiger partial charge in [-0.2, -0.15) is 0 Å². The Kier molecular flexibility index (Phi) is 7.92. The quantitative estimate of drug-likeness (QED) is 0.539. The fourth-order valence-electron chi connectivity index (χ4n) is 2.65. The van der Waals surface area contributed by atoms with Gasteiger partial charge in [-0.3, -0.25) is 0 Å². The van der Waals surface area contributed by atoms with Crippen molar-refractivity contribution in [2.75, 3.05) is 40.4 Å². The maximum absolute atomic E-state index is 6.18. The number of nitrogens with one attached hydrogen (secondary N) is 2. The molecule has 2 N–H and O–H groups in total. The molecule has 1 aliphatic heterocycles. The molecule has 27 heavy (non-hydrogen) atoms. The summed E-state index contributed by atoms with van der Waals surface area (Å²) in [6, 6.07) is 6.31. The zero-order valence-electron chi connectivity index (χ0n) is 17.8. The Hall–Kier alpha value is -1.79. The van der Waals surface area contributed by atoms with Gasteiger partial charge in [-0.05, 0) is 53.4 Å². The van der Waals surface area contributed by atoms with Gasteiger partial charge in [0.1, 0.15) is 11.9 Å². The monoisotopic (exact) mass is 376 g/mol. The van der Waals surface area contributed by atoms with Gasteiger partial charge in [0.25, 0.3) is 0 Å². The standard InChI is InChI=1S/C21H36N4O2/c1-7-22-20(24-15-21(3,4)25(5)6)23-13-17-9-8-16(2)12-19(17)27-18-10-11-26-14-18/h8-9,12,18H,7,10-11,13-15H2,1-6H3,(H2,22,23,24). The number of ether oxygens (including phenoxy) is 2. The predicted molar refractivity (Wildman–Crippen MR) is 112 cm³/mol. The summed E-state index contributed by atoms with van der Waals surface area (Å²) in [4.78, 5) is 6.98. The Labute approximate surface area is 164 Å². The highest BCUT2D eigenvalue weighted by Crippen LogP contribution is 2.24. The van der Waals surface area contributed by atoms with Crippen LogP contribution in [-0.4, -0.2) is 62.9 Å². The molecule has 152 valence electrons. The maximum atomic E-state index is 6.18. The van der Waals surface area contributed by atoms with E-state index in [2.05, 4.69) is 75.5 Å². The van der Waals surface area contributed by atoms with E-state index in [-0.39, 0.29) is 11.6 Å². The van der Waals surface area contributed by atoms with Crippen molar-refractivity contribution in [3.05, 3.63) is 29.3 Å². The lowest BCUT2D eigenvalue weighted by Gasteiger charge is -2.33. The largest absolute Gasteiger partial charge is 0.488 e. The average molecular weight is 377 g/mol. The molecule has 1 saturated heterocycles. The maximum Gasteiger partial charge on any atom is 0.191 e. The molecule has 0 aromatic heterocycles. The summed E-state index contributed by atoms with van der Waals surface area (Å²) in [6.07, 6.45) is 1.09. The molecule has 6 heteroatoms. The lowest BCUT2D eigenvalue weighted by Crippen LogP contribution is -2.50. The lowest BCUT2D eigenvalue weighted by molar-refractivity contribution is 0.140. The summed E-state index contributed by atoms with van der Waals surface area (Å²) in [5.74, 6) is 1.74. The highest BCUT2D eigenvalue weighted by atomic mass is 16.5. The zero-order valence-corrected chi connectivity index (χ0v) is 17.8. The minimum Gasteiger partial charge on any atom is -0.488 e. The first-order valence-corrected chi connectivity index (χ1v) is 9.85. The SMILES string of the molecule is CCNC(=NCc1ccc(C)cc1OC1CCOC1)NCC(C)(C)N(C)C. The van der Waals surface area contributed by atoms with Crippen LogP contribution in [0.15, 0.2) is 23.2 Å². The normalized spacial score (nSPS) is 18.0. The third-order valence-corrected chi connectivity index (χ3v) is 5.06. The van der Waals surface area contributed by atoms with Gasteiger partial charge in [0.05, 0.1) is 19.8 Å². The van der Waals surface area contributed by atoms with E-state index in [0.717, 1.165) is 43.4 Å². The van der Waals surface area contributed by atoms with Crippen molar-refractivity contribution >= 4 is 5.96 Å². The first-order chi connectivity index (χ1) is 12.8. The van der Waals surface area contributed by atoms with Crippen LogP contribution < -0.4 is 15.4 Å². The van der Waals surface area contributed by atoms with Crippen molar-refractivity contribution in [3.63, 3.8) is 0 Å². The summed E-state index contributed by atoms with van der Waals surface area (Å²) in [5.41, 5.74) is 2.32. The molecule has 1 unspecified atom stereocenters. The molecule has 0 amide bonds. The van der Waals surface area contributed by atoms with Crippen LogP contribution in [0.4, 0.5) is 0 Å². The third-order valence-electron chi connectivity index (χ3n) is 5.06. The fraction of sp³-hybridized carbons (Fsp3) is 0.667. The van der Waals surface area contributed by atoms with Crippen LogP contribution >= 0.6 is 0 Å². The topological polar surface area (TPSA) is 58.1 Å². The second-order valence-electron chi connectivity index (χ2n) is 7.97. The van der Waals surface area contributed by atoms with Gasteiger partial charge in [0.15, 0.2) is 5.96 Å². The Morgan fingerprint density at radius 2 is 2.11 bits per heavy atom. The summed E-state index contributed by atoms with van der Waals surface area (Å²) >= 11 is 0. The molecule has 0 spiro atoms. The number of rotatable bonds is 8. The number of benzene rings is 1. The number of likely N-dealkylation sites (N-methyl/N-ethyl adjacent to an activating group) is 1. The Morgan fingerprint density at radius 3 is 2.74 bits per heavy atom. The molecule has 1 atom stereocenters. The molecule has 1 aromatic carbocycles. The molecular formula is C21H36N4O2. The van der Waals surface area contributed by atoms with Gasteiger partial charge in [0.2, 0.25) is 0 Å². The van der Waals surface area contributed by atoms with Gasteiger partial charge in [-0.25, -0.2) is 4.99 Å². The predicted octanol–water partition coefficient (Wildman–Crippen LogP) is 2.56. The molecule has 1 aliphatic rings. The number of guanidine groups is 1. The smallest absolute Gasteiger partial charge is 0.191 e. The molecule has 1 aromatic rings. The fourth-order valence-corrected chi connectivity index (χ4v) is 2.65. The van der Waals surface area contributed by atoms with E-state index in [1.54, 1.807) is 0 Å². The highest BCUT2D eigenvalue weighted by Gasteiger charge is 2.21. The number of aliphatic imine (C=N–C) groups is 1. The van der Waals surface area contributed by atoms with Gasteiger partial charge >= 0.3 is 0 Å².